The van der Waals surface area contributed by atoms with Crippen LogP contribution in [0, 0.1) is 11.8 Å². The molecule has 1 saturated heterocycles. The molecule has 18 heavy (non-hydrogen) atoms. The van der Waals surface area contributed by atoms with Gasteiger partial charge in [-0.3, -0.25) is 0 Å². The maximum Gasteiger partial charge on any atom is 0.0380 e. The van der Waals surface area contributed by atoms with Crippen LogP contribution in [0.25, 0.3) is 0 Å². The molecule has 0 radical (unpaired) electrons. The molecule has 1 aliphatic carbocycles. The SMILES string of the molecule is NCc1cc(Br)cc(N2CC3CCCC(C3)C2)c1. The molecular weight excluding hydrogens is 288 g/mol. The van der Waals surface area contributed by atoms with E-state index in [9.17, 15) is 0 Å². The van der Waals surface area contributed by atoms with Crippen molar-refractivity contribution in [1.29, 1.82) is 0 Å². The first-order valence-corrected chi connectivity index (χ1v) is 7.78. The maximum atomic E-state index is 5.77. The van der Waals surface area contributed by atoms with Crippen LogP contribution < -0.4 is 10.6 Å². The van der Waals surface area contributed by atoms with Gasteiger partial charge in [0.15, 0.2) is 0 Å². The van der Waals surface area contributed by atoms with E-state index in [1.165, 1.54) is 50.0 Å². The van der Waals surface area contributed by atoms with Crippen molar-refractivity contribution in [3.8, 4) is 0 Å². The predicted molar refractivity (Wildman–Crippen MR) is 79.7 cm³/mol. The Balaban J connectivity index is 1.83. The van der Waals surface area contributed by atoms with Gasteiger partial charge in [0.2, 0.25) is 0 Å². The minimum Gasteiger partial charge on any atom is -0.371 e. The van der Waals surface area contributed by atoms with Crippen LogP contribution in [0.1, 0.15) is 31.2 Å². The third-order valence-electron chi connectivity index (χ3n) is 4.39. The van der Waals surface area contributed by atoms with E-state index in [0.717, 1.165) is 16.3 Å². The smallest absolute Gasteiger partial charge is 0.0380 e. The molecule has 3 rings (SSSR count). The Bertz CT molecular complexity index is 421. The zero-order valence-electron chi connectivity index (χ0n) is 10.7. The normalized spacial score (nSPS) is 27.3. The average Bonchev–Trinajstić information content (AvgIpc) is 2.37. The second-order valence-electron chi connectivity index (χ2n) is 5.83. The van der Waals surface area contributed by atoms with Gasteiger partial charge in [-0.15, -0.1) is 0 Å². The number of halogens is 1. The maximum absolute atomic E-state index is 5.77. The van der Waals surface area contributed by atoms with E-state index in [4.69, 9.17) is 5.73 Å². The van der Waals surface area contributed by atoms with Gasteiger partial charge < -0.3 is 10.6 Å². The molecule has 0 spiro atoms. The van der Waals surface area contributed by atoms with Crippen molar-refractivity contribution < 1.29 is 0 Å². The summed E-state index contributed by atoms with van der Waals surface area (Å²) in [5.74, 6) is 1.83. The van der Waals surface area contributed by atoms with Gasteiger partial charge in [0.1, 0.15) is 0 Å². The summed E-state index contributed by atoms with van der Waals surface area (Å²) >= 11 is 3.60. The van der Waals surface area contributed by atoms with E-state index < -0.39 is 0 Å². The Morgan fingerprint density at radius 1 is 1.17 bits per heavy atom. The molecule has 98 valence electrons. The molecule has 3 heteroatoms. The predicted octanol–water partition coefficient (Wildman–Crippen LogP) is 3.53. The number of rotatable bonds is 2. The minimum atomic E-state index is 0.618. The monoisotopic (exact) mass is 308 g/mol. The second-order valence-corrected chi connectivity index (χ2v) is 6.74. The number of piperidine rings is 1. The number of fused-ring (bicyclic) bond motifs is 2. The molecule has 2 aliphatic rings. The molecule has 2 unspecified atom stereocenters. The highest BCUT2D eigenvalue weighted by atomic mass is 79.9. The van der Waals surface area contributed by atoms with Crippen molar-refractivity contribution in [2.24, 2.45) is 17.6 Å². The van der Waals surface area contributed by atoms with Gasteiger partial charge in [-0.05, 0) is 54.9 Å². The fraction of sp³-hybridized carbons (Fsp3) is 0.600. The van der Waals surface area contributed by atoms with Crippen LogP contribution in [0.4, 0.5) is 5.69 Å². The first-order valence-electron chi connectivity index (χ1n) is 6.99. The van der Waals surface area contributed by atoms with Gasteiger partial charge >= 0.3 is 0 Å². The van der Waals surface area contributed by atoms with Crippen molar-refractivity contribution in [2.45, 2.75) is 32.2 Å². The summed E-state index contributed by atoms with van der Waals surface area (Å²) in [6, 6.07) is 6.61. The molecule has 0 amide bonds. The largest absolute Gasteiger partial charge is 0.371 e. The third-order valence-corrected chi connectivity index (χ3v) is 4.85. The minimum absolute atomic E-state index is 0.618. The van der Waals surface area contributed by atoms with E-state index in [-0.39, 0.29) is 0 Å². The standard InChI is InChI=1S/C15H21BrN2/c16-14-5-13(8-17)6-15(7-14)18-9-11-2-1-3-12(4-11)10-18/h5-7,11-12H,1-4,8-10,17H2. The molecule has 2 bridgehead atoms. The summed E-state index contributed by atoms with van der Waals surface area (Å²) in [6.45, 7) is 3.08. The van der Waals surface area contributed by atoms with E-state index in [0.29, 0.717) is 6.54 Å². The number of nitrogens with zero attached hydrogens (tertiary/aromatic N) is 1. The van der Waals surface area contributed by atoms with Crippen molar-refractivity contribution in [3.05, 3.63) is 28.2 Å². The highest BCUT2D eigenvalue weighted by Gasteiger charge is 2.30. The highest BCUT2D eigenvalue weighted by molar-refractivity contribution is 9.10. The molecule has 0 aromatic heterocycles. The number of nitrogens with two attached hydrogens (primary N) is 1. The van der Waals surface area contributed by atoms with Crippen LogP contribution in [0.5, 0.6) is 0 Å². The lowest BCUT2D eigenvalue weighted by atomic mass is 9.78. The van der Waals surface area contributed by atoms with Gasteiger partial charge in [0.05, 0.1) is 0 Å². The van der Waals surface area contributed by atoms with E-state index in [1.54, 1.807) is 0 Å². The summed E-state index contributed by atoms with van der Waals surface area (Å²) in [5, 5.41) is 0. The quantitative estimate of drug-likeness (QED) is 0.905. The molecule has 1 aromatic rings. The number of benzene rings is 1. The van der Waals surface area contributed by atoms with Gasteiger partial charge in [0, 0.05) is 29.8 Å². The molecule has 2 fully saturated rings. The molecule has 2 atom stereocenters. The van der Waals surface area contributed by atoms with Crippen LogP contribution in [0.15, 0.2) is 22.7 Å². The van der Waals surface area contributed by atoms with Gasteiger partial charge in [-0.25, -0.2) is 0 Å². The summed E-state index contributed by atoms with van der Waals surface area (Å²) in [6.07, 6.45) is 5.74. The Morgan fingerprint density at radius 3 is 2.56 bits per heavy atom. The molecule has 1 saturated carbocycles. The lowest BCUT2D eigenvalue weighted by molar-refractivity contribution is 0.231. The van der Waals surface area contributed by atoms with Crippen molar-refractivity contribution in [3.63, 3.8) is 0 Å². The van der Waals surface area contributed by atoms with Gasteiger partial charge in [-0.2, -0.15) is 0 Å². The molecule has 2 N–H and O–H groups in total. The third kappa shape index (κ3) is 2.57. The first kappa shape index (κ1) is 12.5. The van der Waals surface area contributed by atoms with Crippen molar-refractivity contribution in [2.75, 3.05) is 18.0 Å². The van der Waals surface area contributed by atoms with Crippen LogP contribution in [-0.4, -0.2) is 13.1 Å². The van der Waals surface area contributed by atoms with Gasteiger partial charge in [-0.1, -0.05) is 22.4 Å². The van der Waals surface area contributed by atoms with E-state index >= 15 is 0 Å². The summed E-state index contributed by atoms with van der Waals surface area (Å²) < 4.78 is 1.15. The van der Waals surface area contributed by atoms with Crippen molar-refractivity contribution >= 4 is 21.6 Å². The molecule has 1 heterocycles. The average molecular weight is 309 g/mol. The van der Waals surface area contributed by atoms with Crippen LogP contribution in [-0.2, 0) is 6.54 Å². The summed E-state index contributed by atoms with van der Waals surface area (Å²) in [7, 11) is 0. The van der Waals surface area contributed by atoms with E-state index in [2.05, 4.69) is 39.0 Å². The fourth-order valence-corrected chi connectivity index (χ4v) is 4.10. The highest BCUT2D eigenvalue weighted by Crippen LogP contribution is 2.37. The summed E-state index contributed by atoms with van der Waals surface area (Å²) in [4.78, 5) is 2.57. The lowest BCUT2D eigenvalue weighted by Gasteiger charge is -2.42. The van der Waals surface area contributed by atoms with Crippen LogP contribution in [0.3, 0.4) is 0 Å². The molecule has 1 aromatic carbocycles. The summed E-state index contributed by atoms with van der Waals surface area (Å²) in [5.41, 5.74) is 8.34. The topological polar surface area (TPSA) is 29.3 Å². The molecule has 2 nitrogen and oxygen atoms in total. The molecular formula is C15H21BrN2. The fourth-order valence-electron chi connectivity index (χ4n) is 3.58. The van der Waals surface area contributed by atoms with E-state index in [1.807, 2.05) is 0 Å². The van der Waals surface area contributed by atoms with Crippen LogP contribution in [0.2, 0.25) is 0 Å². The number of anilines is 1. The Kier molecular flexibility index (Phi) is 3.62. The second kappa shape index (κ2) is 5.22. The number of hydrogen-bond donors (Lipinski definition) is 1. The Hall–Kier alpha value is -0.540. The van der Waals surface area contributed by atoms with Crippen molar-refractivity contribution in [1.82, 2.24) is 0 Å². The Morgan fingerprint density at radius 2 is 1.89 bits per heavy atom. The number of hydrogen-bond acceptors (Lipinski definition) is 2. The Labute approximate surface area is 118 Å². The first-order chi connectivity index (χ1) is 8.74. The zero-order chi connectivity index (χ0) is 12.5. The zero-order valence-corrected chi connectivity index (χ0v) is 12.3. The molecule has 1 aliphatic heterocycles. The lowest BCUT2D eigenvalue weighted by Crippen LogP contribution is -2.42. The van der Waals surface area contributed by atoms with Crippen LogP contribution >= 0.6 is 15.9 Å². The van der Waals surface area contributed by atoms with Gasteiger partial charge in [0.25, 0.3) is 0 Å².